The van der Waals surface area contributed by atoms with Gasteiger partial charge < -0.3 is 5.32 Å². The largest absolute Gasteiger partial charge is 0.311 e. The van der Waals surface area contributed by atoms with E-state index in [1.807, 2.05) is 18.2 Å². The summed E-state index contributed by atoms with van der Waals surface area (Å²) in [5.41, 5.74) is 2.54. The van der Waals surface area contributed by atoms with Crippen LogP contribution in [0.5, 0.6) is 0 Å². The number of hydrogen-bond acceptors (Lipinski definition) is 2. The molecular formula is C18H22ClNS. The van der Waals surface area contributed by atoms with Gasteiger partial charge in [-0.2, -0.15) is 0 Å². The predicted octanol–water partition coefficient (Wildman–Crippen LogP) is 5.86. The van der Waals surface area contributed by atoms with Crippen LogP contribution >= 0.6 is 22.9 Å². The van der Waals surface area contributed by atoms with Gasteiger partial charge in [-0.3, -0.25) is 0 Å². The minimum absolute atomic E-state index is 0.516. The first-order valence-electron chi connectivity index (χ1n) is 7.37. The lowest BCUT2D eigenvalue weighted by molar-refractivity contribution is 0.617. The molecule has 1 nitrogen and oxygen atoms in total. The highest BCUT2D eigenvalue weighted by Gasteiger charge is 2.06. The summed E-state index contributed by atoms with van der Waals surface area (Å²) in [5, 5.41) is 4.29. The maximum absolute atomic E-state index is 6.27. The average Bonchev–Trinajstić information content (AvgIpc) is 2.92. The second-order valence-electron chi connectivity index (χ2n) is 5.37. The van der Waals surface area contributed by atoms with Crippen molar-refractivity contribution >= 4 is 29.0 Å². The summed E-state index contributed by atoms with van der Waals surface area (Å²) in [4.78, 5) is 2.51. The quantitative estimate of drug-likeness (QED) is 0.703. The lowest BCUT2D eigenvalue weighted by Crippen LogP contribution is -2.24. The van der Waals surface area contributed by atoms with Gasteiger partial charge in [0, 0.05) is 32.9 Å². The van der Waals surface area contributed by atoms with E-state index in [9.17, 15) is 0 Å². The van der Waals surface area contributed by atoms with Gasteiger partial charge in [0.15, 0.2) is 0 Å². The molecule has 0 aliphatic heterocycles. The molecule has 0 spiro atoms. The van der Waals surface area contributed by atoms with E-state index in [0.717, 1.165) is 23.6 Å². The Labute approximate surface area is 136 Å². The second kappa shape index (κ2) is 7.79. The van der Waals surface area contributed by atoms with Crippen molar-refractivity contribution in [1.29, 1.82) is 0 Å². The van der Waals surface area contributed by atoms with Crippen LogP contribution < -0.4 is 5.32 Å². The molecule has 1 aromatic heterocycles. The Balaban J connectivity index is 2.17. The summed E-state index contributed by atoms with van der Waals surface area (Å²) < 4.78 is 0. The van der Waals surface area contributed by atoms with Crippen LogP contribution in [0.4, 0.5) is 0 Å². The van der Waals surface area contributed by atoms with Crippen molar-refractivity contribution in [2.45, 2.75) is 33.2 Å². The molecule has 0 bridgehead atoms. The Morgan fingerprint density at radius 2 is 2.00 bits per heavy atom. The number of halogens is 1. The molecule has 0 radical (unpaired) electrons. The van der Waals surface area contributed by atoms with Gasteiger partial charge in [0.25, 0.3) is 0 Å². The van der Waals surface area contributed by atoms with Gasteiger partial charge in [0.2, 0.25) is 0 Å². The third-order valence-corrected chi connectivity index (χ3v) is 4.70. The predicted molar refractivity (Wildman–Crippen MR) is 96.2 cm³/mol. The summed E-state index contributed by atoms with van der Waals surface area (Å²) in [7, 11) is 0. The van der Waals surface area contributed by atoms with Crippen LogP contribution in [0.3, 0.4) is 0 Å². The SMILES string of the molecule is CCC(=Cc1ccc(-c2ccccc2Cl)s1)CNC(C)C. The van der Waals surface area contributed by atoms with E-state index >= 15 is 0 Å². The van der Waals surface area contributed by atoms with Crippen molar-refractivity contribution in [1.82, 2.24) is 5.32 Å². The second-order valence-corrected chi connectivity index (χ2v) is 6.90. The van der Waals surface area contributed by atoms with E-state index in [0.29, 0.717) is 6.04 Å². The standard InChI is InChI=1S/C18H22ClNS/c1-4-14(12-20-13(2)3)11-15-9-10-18(21-15)16-7-5-6-8-17(16)19/h5-11,13,20H,4,12H2,1-3H3. The first-order valence-corrected chi connectivity index (χ1v) is 8.57. The number of nitrogens with one attached hydrogen (secondary N) is 1. The number of hydrogen-bond donors (Lipinski definition) is 1. The molecule has 0 saturated heterocycles. The minimum Gasteiger partial charge on any atom is -0.311 e. The Kier molecular flexibility index (Phi) is 6.04. The van der Waals surface area contributed by atoms with E-state index in [1.54, 1.807) is 11.3 Å². The fraction of sp³-hybridized carbons (Fsp3) is 0.333. The highest BCUT2D eigenvalue weighted by Crippen LogP contribution is 2.34. The molecular weight excluding hydrogens is 298 g/mol. The Bertz CT molecular complexity index is 613. The van der Waals surface area contributed by atoms with E-state index < -0.39 is 0 Å². The molecule has 1 aromatic carbocycles. The minimum atomic E-state index is 0.516. The molecule has 3 heteroatoms. The van der Waals surface area contributed by atoms with E-state index in [2.05, 4.69) is 50.4 Å². The van der Waals surface area contributed by atoms with E-state index in [4.69, 9.17) is 11.6 Å². The van der Waals surface area contributed by atoms with Crippen LogP contribution in [0.1, 0.15) is 32.1 Å². The van der Waals surface area contributed by atoms with Crippen LogP contribution in [-0.2, 0) is 0 Å². The average molecular weight is 320 g/mol. The molecule has 2 aromatic rings. The molecule has 0 unspecified atom stereocenters. The van der Waals surface area contributed by atoms with Crippen molar-refractivity contribution in [3.63, 3.8) is 0 Å². The molecule has 0 aliphatic rings. The molecule has 0 aliphatic carbocycles. The van der Waals surface area contributed by atoms with Gasteiger partial charge >= 0.3 is 0 Å². The topological polar surface area (TPSA) is 12.0 Å². The van der Waals surface area contributed by atoms with Crippen molar-refractivity contribution in [2.24, 2.45) is 0 Å². The first kappa shape index (κ1) is 16.3. The summed E-state index contributed by atoms with van der Waals surface area (Å²) in [6.45, 7) is 7.51. The zero-order valence-electron chi connectivity index (χ0n) is 12.8. The van der Waals surface area contributed by atoms with E-state index in [-0.39, 0.29) is 0 Å². The molecule has 21 heavy (non-hydrogen) atoms. The molecule has 0 fully saturated rings. The summed E-state index contributed by atoms with van der Waals surface area (Å²) in [6.07, 6.45) is 3.36. The van der Waals surface area contributed by atoms with Gasteiger partial charge in [-0.25, -0.2) is 0 Å². The van der Waals surface area contributed by atoms with Crippen molar-refractivity contribution in [3.05, 3.63) is 51.9 Å². The fourth-order valence-corrected chi connectivity index (χ4v) is 3.38. The lowest BCUT2D eigenvalue weighted by Gasteiger charge is -2.09. The summed E-state index contributed by atoms with van der Waals surface area (Å²) >= 11 is 8.06. The van der Waals surface area contributed by atoms with Gasteiger partial charge in [0.05, 0.1) is 0 Å². The Morgan fingerprint density at radius 1 is 1.24 bits per heavy atom. The van der Waals surface area contributed by atoms with Gasteiger partial charge in [-0.05, 0) is 30.7 Å². The van der Waals surface area contributed by atoms with Gasteiger partial charge in [-0.15, -0.1) is 11.3 Å². The van der Waals surface area contributed by atoms with Gasteiger partial charge in [-0.1, -0.05) is 56.1 Å². The smallest absolute Gasteiger partial charge is 0.0492 e. The highest BCUT2D eigenvalue weighted by molar-refractivity contribution is 7.16. The number of rotatable bonds is 6. The molecule has 1 N–H and O–H groups in total. The molecule has 0 amide bonds. The third-order valence-electron chi connectivity index (χ3n) is 3.30. The molecule has 0 atom stereocenters. The number of benzene rings is 1. The normalized spacial score (nSPS) is 12.1. The maximum atomic E-state index is 6.27. The zero-order valence-corrected chi connectivity index (χ0v) is 14.4. The van der Waals surface area contributed by atoms with Crippen molar-refractivity contribution in [2.75, 3.05) is 6.54 Å². The molecule has 1 heterocycles. The van der Waals surface area contributed by atoms with Crippen molar-refractivity contribution in [3.8, 4) is 10.4 Å². The van der Waals surface area contributed by atoms with Crippen LogP contribution in [-0.4, -0.2) is 12.6 Å². The fourth-order valence-electron chi connectivity index (χ4n) is 2.05. The lowest BCUT2D eigenvalue weighted by atomic mass is 10.1. The first-order chi connectivity index (χ1) is 10.1. The Hall–Kier alpha value is -1.09. The van der Waals surface area contributed by atoms with Crippen LogP contribution in [0, 0.1) is 0 Å². The summed E-state index contributed by atoms with van der Waals surface area (Å²) in [6, 6.07) is 12.9. The molecule has 112 valence electrons. The van der Waals surface area contributed by atoms with Crippen LogP contribution in [0.15, 0.2) is 42.0 Å². The summed E-state index contributed by atoms with van der Waals surface area (Å²) in [5.74, 6) is 0. The van der Waals surface area contributed by atoms with Crippen LogP contribution in [0.25, 0.3) is 16.5 Å². The zero-order chi connectivity index (χ0) is 15.2. The van der Waals surface area contributed by atoms with Gasteiger partial charge in [0.1, 0.15) is 0 Å². The maximum Gasteiger partial charge on any atom is 0.0492 e. The number of thiophene rings is 1. The monoisotopic (exact) mass is 319 g/mol. The van der Waals surface area contributed by atoms with Crippen molar-refractivity contribution < 1.29 is 0 Å². The Morgan fingerprint density at radius 3 is 2.67 bits per heavy atom. The molecule has 2 rings (SSSR count). The van der Waals surface area contributed by atoms with E-state index in [1.165, 1.54) is 15.3 Å². The van der Waals surface area contributed by atoms with Crippen LogP contribution in [0.2, 0.25) is 5.02 Å². The highest BCUT2D eigenvalue weighted by atomic mass is 35.5. The molecule has 0 saturated carbocycles. The third kappa shape index (κ3) is 4.70.